The molecule has 3 rings (SSSR count). The van der Waals surface area contributed by atoms with Gasteiger partial charge in [0.1, 0.15) is 0 Å². The van der Waals surface area contributed by atoms with Crippen molar-refractivity contribution in [3.05, 3.63) is 83.2 Å². The third-order valence-electron chi connectivity index (χ3n) is 11.6. The number of hydrogen-bond acceptors (Lipinski definition) is 6. The molecular formula is C56H102Ni2O6P4+4. The Morgan fingerprint density at radius 2 is 0.574 bits per heavy atom. The molecule has 1 aromatic carbocycles. The minimum Gasteiger partial charge on any atom is -0.875 e. The standard InChI is InChI=1S/2C18H40P2.2C7H8O3.C6H6.2Ni/c2*1-15(2,3)19(16(4,5)6)13-14-20(17(7,8)9)18(10,11)12;2*8-6-4-2-1-3-5(6)7(9)10;1-2-4-6-5-3-1;;/h2*13-14H2,1-12H3;2*1,3,8H,2,4H2,(H,9,10);1-6H;;/q;;;;;2*+2/i;;;;1D,2D,3D,4D,5D,6D;;. The van der Waals surface area contributed by atoms with Gasteiger partial charge in [0.2, 0.25) is 0 Å². The SMILES string of the molecule is CC(C)(C)[PH+](CC[PH+](C(C)(C)C)C(C)(C)C)C(C)(C)C.CC(C)(C)[PH+](CC[PH+](C(C)(C)C)C(C)(C)C)C(C)(C)C.O=C([O-])C1=C([O-])CCC=C1.O=C([O-])C1=C([O-])CCC=C1.[2H]c1c([2H])c([2H])c([2H])c([2H])c1[2H].[Ni+2].[Ni+2]. The van der Waals surface area contributed by atoms with Gasteiger partial charge in [-0.1, -0.05) is 60.6 Å². The van der Waals surface area contributed by atoms with E-state index in [4.69, 9.17) is 8.22 Å². The summed E-state index contributed by atoms with van der Waals surface area (Å²) >= 11 is 0. The molecule has 6 nitrogen and oxygen atoms in total. The zero-order valence-electron chi connectivity index (χ0n) is 53.0. The fraction of sp³-hybridized carbons (Fsp3) is 0.714. The predicted octanol–water partition coefficient (Wildman–Crippen LogP) is 12.3. The monoisotopic (exact) mass is 1120 g/mol. The minimum absolute atomic E-state index is 0. The first-order valence-corrected chi connectivity index (χ1v) is 30.7. The normalized spacial score (nSPS) is 16.1. The van der Waals surface area contributed by atoms with Crippen LogP contribution in [0.15, 0.2) is 83.2 Å². The molecule has 0 fully saturated rings. The smallest absolute Gasteiger partial charge is 0.875 e. The average Bonchev–Trinajstić information content (AvgIpc) is 3.16. The third-order valence-corrected chi connectivity index (χ3v) is 30.0. The van der Waals surface area contributed by atoms with Gasteiger partial charge in [-0.05, 0) is 203 Å². The van der Waals surface area contributed by atoms with E-state index in [-0.39, 0.29) is 87.3 Å². The fourth-order valence-corrected chi connectivity index (χ4v) is 28.8. The Balaban J connectivity index is -0.000000423. The van der Waals surface area contributed by atoms with Crippen LogP contribution in [0.1, 0.15) is 200 Å². The maximum absolute atomic E-state index is 10.7. The Morgan fingerprint density at radius 3 is 0.676 bits per heavy atom. The van der Waals surface area contributed by atoms with Crippen LogP contribution < -0.4 is 20.4 Å². The van der Waals surface area contributed by atoms with Gasteiger partial charge in [0.05, 0.1) is 86.1 Å². The van der Waals surface area contributed by atoms with E-state index in [1.165, 1.54) is 36.8 Å². The zero-order valence-corrected chi connectivity index (χ0v) is 53.0. The molecule has 1 aromatic rings. The second-order valence-corrected chi connectivity index (χ2v) is 43.6. The van der Waals surface area contributed by atoms with Gasteiger partial charge in [-0.3, -0.25) is 0 Å². The summed E-state index contributed by atoms with van der Waals surface area (Å²) in [7, 11) is -1.46. The first-order valence-electron chi connectivity index (χ1n) is 26.9. The van der Waals surface area contributed by atoms with E-state index >= 15 is 0 Å². The zero-order chi connectivity index (χ0) is 57.7. The molecule has 398 valence electrons. The number of carbonyl (C=O) groups is 2. The molecule has 0 amide bonds. The number of allylic oxidation sites excluding steroid dienone is 4. The number of carboxylic acid groups (broad SMARTS) is 2. The first-order chi connectivity index (χ1) is 31.8. The molecule has 0 bridgehead atoms. The van der Waals surface area contributed by atoms with Gasteiger partial charge in [-0.2, -0.15) is 0 Å². The van der Waals surface area contributed by atoms with Gasteiger partial charge < -0.3 is 30.0 Å². The molecule has 2 aliphatic rings. The van der Waals surface area contributed by atoms with Crippen LogP contribution in [0.5, 0.6) is 0 Å². The first kappa shape index (κ1) is 61.7. The van der Waals surface area contributed by atoms with Gasteiger partial charge in [-0.15, -0.1) is 11.5 Å². The van der Waals surface area contributed by atoms with E-state index in [1.807, 2.05) is 0 Å². The van der Waals surface area contributed by atoms with Gasteiger partial charge in [-0.25, -0.2) is 0 Å². The van der Waals surface area contributed by atoms with Gasteiger partial charge in [0.25, 0.3) is 0 Å². The summed E-state index contributed by atoms with van der Waals surface area (Å²) < 4.78 is 42.7. The molecule has 0 spiro atoms. The largest absolute Gasteiger partial charge is 2.00 e. The van der Waals surface area contributed by atoms with Crippen molar-refractivity contribution < 1.29 is 71.2 Å². The van der Waals surface area contributed by atoms with E-state index in [1.54, 1.807) is 12.2 Å². The Hall–Kier alpha value is -0.573. The van der Waals surface area contributed by atoms with Crippen LogP contribution in [0.25, 0.3) is 0 Å². The van der Waals surface area contributed by atoms with Crippen molar-refractivity contribution in [1.82, 2.24) is 0 Å². The van der Waals surface area contributed by atoms with Crippen LogP contribution >= 0.6 is 31.7 Å². The second kappa shape index (κ2) is 31.2. The van der Waals surface area contributed by atoms with Crippen molar-refractivity contribution in [2.75, 3.05) is 24.6 Å². The van der Waals surface area contributed by atoms with Crippen molar-refractivity contribution in [3.63, 3.8) is 0 Å². The fourth-order valence-electron chi connectivity index (χ4n) is 9.84. The number of benzene rings is 1. The average molecular weight is 1120 g/mol. The van der Waals surface area contributed by atoms with Crippen LogP contribution in [0.3, 0.4) is 0 Å². The molecule has 0 N–H and O–H groups in total. The van der Waals surface area contributed by atoms with E-state index in [2.05, 4.69) is 166 Å². The molecular weight excluding hydrogens is 1010 g/mol. The number of rotatable bonds is 8. The molecule has 0 atom stereocenters. The predicted molar refractivity (Wildman–Crippen MR) is 298 cm³/mol. The molecule has 0 unspecified atom stereocenters. The molecule has 0 aromatic heterocycles. The third kappa shape index (κ3) is 31.1. The molecule has 0 radical (unpaired) electrons. The van der Waals surface area contributed by atoms with Gasteiger partial charge in [0.15, 0.2) is 0 Å². The number of carbonyl (C=O) groups excluding carboxylic acids is 2. The maximum Gasteiger partial charge on any atom is 2.00 e. The summed E-state index contributed by atoms with van der Waals surface area (Å²) in [4.78, 5) is 20.3. The Bertz CT molecular complexity index is 1720. The molecule has 0 saturated heterocycles. The Kier molecular flexibility index (Phi) is 28.3. The van der Waals surface area contributed by atoms with E-state index in [9.17, 15) is 30.0 Å². The van der Waals surface area contributed by atoms with Crippen LogP contribution in [0, 0.1) is 0 Å². The number of carboxylic acids is 2. The maximum atomic E-state index is 10.7. The van der Waals surface area contributed by atoms with Crippen LogP contribution in [-0.2, 0) is 42.6 Å². The Morgan fingerprint density at radius 1 is 0.412 bits per heavy atom. The van der Waals surface area contributed by atoms with Gasteiger partial charge >= 0.3 is 33.0 Å². The molecule has 0 saturated carbocycles. The summed E-state index contributed by atoms with van der Waals surface area (Å²) in [5.74, 6) is -3.41. The summed E-state index contributed by atoms with van der Waals surface area (Å²) in [6, 6.07) is -2.74. The molecule has 12 heteroatoms. The Labute approximate surface area is 453 Å². The molecule has 0 aliphatic heterocycles. The quantitative estimate of drug-likeness (QED) is 0.188. The summed E-state index contributed by atoms with van der Waals surface area (Å²) in [5.41, 5.74) is -0.405. The van der Waals surface area contributed by atoms with E-state index in [0.717, 1.165) is 0 Å². The molecule has 68 heavy (non-hydrogen) atoms. The van der Waals surface area contributed by atoms with E-state index in [0.29, 0.717) is 66.9 Å². The number of hydrogen-bond donors (Lipinski definition) is 0. The summed E-state index contributed by atoms with van der Waals surface area (Å²) in [6.07, 6.45) is 13.7. The van der Waals surface area contributed by atoms with Crippen molar-refractivity contribution in [3.8, 4) is 0 Å². The van der Waals surface area contributed by atoms with Crippen molar-refractivity contribution in [2.24, 2.45) is 0 Å². The summed E-state index contributed by atoms with van der Waals surface area (Å²) in [6.45, 7) is 59.2. The number of aliphatic carboxylic acids is 2. The van der Waals surface area contributed by atoms with Crippen LogP contribution in [0.2, 0.25) is 0 Å². The van der Waals surface area contributed by atoms with Crippen molar-refractivity contribution >= 4 is 43.6 Å². The van der Waals surface area contributed by atoms with Crippen LogP contribution in [0.4, 0.5) is 0 Å². The van der Waals surface area contributed by atoms with Crippen molar-refractivity contribution in [1.29, 1.82) is 0 Å². The summed E-state index contributed by atoms with van der Waals surface area (Å²) in [5, 5.41) is 45.8. The van der Waals surface area contributed by atoms with Gasteiger partial charge in [0, 0.05) is 31.7 Å². The van der Waals surface area contributed by atoms with Crippen molar-refractivity contribution in [2.45, 2.75) is 233 Å². The van der Waals surface area contributed by atoms with E-state index < -0.39 is 48.2 Å². The minimum atomic E-state index is -1.37. The topological polar surface area (TPSA) is 126 Å². The van der Waals surface area contributed by atoms with Crippen LogP contribution in [-0.4, -0.2) is 77.8 Å². The second-order valence-electron chi connectivity index (χ2n) is 25.8. The molecule has 2 aliphatic carbocycles. The molecule has 0 heterocycles.